The molecule has 0 aliphatic carbocycles. The molecule has 4 N–H and O–H groups in total. The molecule has 0 bridgehead atoms. The summed E-state index contributed by atoms with van der Waals surface area (Å²) in [5, 5.41) is 13.8. The van der Waals surface area contributed by atoms with Crippen molar-refractivity contribution in [2.45, 2.75) is 37.8 Å². The van der Waals surface area contributed by atoms with Crippen LogP contribution in [0.1, 0.15) is 23.4 Å². The van der Waals surface area contributed by atoms with Crippen LogP contribution in [0.4, 0.5) is 18.9 Å². The second kappa shape index (κ2) is 10.8. The van der Waals surface area contributed by atoms with Gasteiger partial charge >= 0.3 is 6.18 Å². The summed E-state index contributed by atoms with van der Waals surface area (Å²) in [6.07, 6.45) is 1.80. The molecule has 1 aliphatic heterocycles. The van der Waals surface area contributed by atoms with Crippen LogP contribution in [0.5, 0.6) is 0 Å². The van der Waals surface area contributed by atoms with E-state index in [4.69, 9.17) is 5.73 Å². The molecule has 33 heavy (non-hydrogen) atoms. The Hall–Kier alpha value is -2.95. The predicted octanol–water partition coefficient (Wildman–Crippen LogP) is 2.27. The molecule has 0 radical (unpaired) electrons. The van der Waals surface area contributed by atoms with Crippen molar-refractivity contribution >= 4 is 11.8 Å². The Labute approximate surface area is 190 Å². The average Bonchev–Trinajstić information content (AvgIpc) is 2.78. The van der Waals surface area contributed by atoms with Crippen molar-refractivity contribution in [2.24, 2.45) is 0 Å². The minimum atomic E-state index is -4.46. The highest BCUT2D eigenvalue weighted by atomic mass is 19.4. The number of nitrogens with two attached hydrogens (primary N) is 1. The maximum atomic E-state index is 12.6. The summed E-state index contributed by atoms with van der Waals surface area (Å²) in [6, 6.07) is 5.15. The van der Waals surface area contributed by atoms with Gasteiger partial charge in [-0.15, -0.1) is 0 Å². The molecule has 3 heterocycles. The van der Waals surface area contributed by atoms with Gasteiger partial charge in [-0.05, 0) is 36.7 Å². The Bertz CT molecular complexity index is 1030. The number of nitrogens with zero attached hydrogens (tertiary/aromatic N) is 3. The molecule has 0 spiro atoms. The van der Waals surface area contributed by atoms with E-state index in [1.165, 1.54) is 18.3 Å². The molecule has 0 aromatic carbocycles. The molecule has 1 aliphatic rings. The summed E-state index contributed by atoms with van der Waals surface area (Å²) in [4.78, 5) is 17.9. The number of allylic oxidation sites excluding steroid dienone is 2. The zero-order valence-electron chi connectivity index (χ0n) is 18.1. The molecule has 3 rings (SSSR count). The lowest BCUT2D eigenvalue weighted by Gasteiger charge is -2.36. The number of nitrogens with one attached hydrogen (secondary N) is 1. The number of hydrogen-bond donors (Lipinski definition) is 3. The van der Waals surface area contributed by atoms with E-state index in [2.05, 4.69) is 21.8 Å². The number of hydrogen-bond acceptors (Lipinski definition) is 6. The van der Waals surface area contributed by atoms with Gasteiger partial charge in [0.05, 0.1) is 17.5 Å². The number of aliphatic hydroxyl groups excluding tert-OH is 1. The topological polar surface area (TPSA) is 96.4 Å². The van der Waals surface area contributed by atoms with Crippen molar-refractivity contribution in [3.8, 4) is 0 Å². The number of aliphatic hydroxyl groups is 1. The third-order valence-electron chi connectivity index (χ3n) is 5.64. The lowest BCUT2D eigenvalue weighted by molar-refractivity contribution is -0.141. The van der Waals surface area contributed by atoms with Gasteiger partial charge in [0.15, 0.2) is 0 Å². The van der Waals surface area contributed by atoms with Gasteiger partial charge in [0.25, 0.3) is 5.56 Å². The molecule has 0 amide bonds. The van der Waals surface area contributed by atoms with E-state index in [0.29, 0.717) is 56.1 Å². The van der Waals surface area contributed by atoms with E-state index in [-0.39, 0.29) is 11.6 Å². The number of nitrogen functional groups attached to an aromatic ring is 1. The number of pyridine rings is 2. The fraction of sp³-hybridized carbons (Fsp3) is 0.391. The Morgan fingerprint density at radius 2 is 2.06 bits per heavy atom. The van der Waals surface area contributed by atoms with Crippen LogP contribution < -0.4 is 16.6 Å². The molecule has 2 aromatic heterocycles. The molecular formula is C23H28F3N5O2. The summed E-state index contributed by atoms with van der Waals surface area (Å²) in [6.45, 7) is 6.04. The normalized spacial score (nSPS) is 19.8. The minimum Gasteiger partial charge on any atom is -0.397 e. The minimum absolute atomic E-state index is 0.157. The summed E-state index contributed by atoms with van der Waals surface area (Å²) in [7, 11) is 0. The predicted molar refractivity (Wildman–Crippen MR) is 121 cm³/mol. The van der Waals surface area contributed by atoms with Crippen LogP contribution in [0, 0.1) is 0 Å². The van der Waals surface area contributed by atoms with E-state index >= 15 is 0 Å². The van der Waals surface area contributed by atoms with Crippen LogP contribution in [-0.4, -0.2) is 51.3 Å². The van der Waals surface area contributed by atoms with Crippen molar-refractivity contribution < 1.29 is 18.3 Å². The largest absolute Gasteiger partial charge is 0.433 e. The standard InChI is InChI=1S/C23H28F3N5O2/c1-2-3-4-19-17(27)6-8-22(33)31(19)12-11-30-10-9-18(20(32)15-30)28-13-16-5-7-21(29-14-16)23(24,25)26/h2-8,14,18,20,28,32H,1,9-13,15,27H2/b4-3-/t18-,20+/m0/s1. The first-order valence-electron chi connectivity index (χ1n) is 10.6. The molecule has 0 unspecified atom stereocenters. The van der Waals surface area contributed by atoms with Crippen molar-refractivity contribution in [3.05, 3.63) is 76.5 Å². The van der Waals surface area contributed by atoms with Crippen LogP contribution in [0.3, 0.4) is 0 Å². The van der Waals surface area contributed by atoms with Gasteiger partial charge in [-0.3, -0.25) is 14.7 Å². The van der Waals surface area contributed by atoms with Gasteiger partial charge in [-0.1, -0.05) is 24.8 Å². The molecule has 1 saturated heterocycles. The first kappa shape index (κ1) is 24.7. The Kier molecular flexibility index (Phi) is 8.06. The molecule has 2 atom stereocenters. The van der Waals surface area contributed by atoms with E-state index in [1.807, 2.05) is 0 Å². The number of likely N-dealkylation sites (tertiary alicyclic amines) is 1. The van der Waals surface area contributed by atoms with Crippen molar-refractivity contribution in [3.63, 3.8) is 0 Å². The first-order valence-corrected chi connectivity index (χ1v) is 10.6. The van der Waals surface area contributed by atoms with E-state index in [1.54, 1.807) is 28.9 Å². The quantitative estimate of drug-likeness (QED) is 0.520. The van der Waals surface area contributed by atoms with Crippen molar-refractivity contribution in [2.75, 3.05) is 25.4 Å². The Balaban J connectivity index is 1.53. The van der Waals surface area contributed by atoms with Crippen LogP contribution in [0.2, 0.25) is 0 Å². The molecular weight excluding hydrogens is 435 g/mol. The highest BCUT2D eigenvalue weighted by Crippen LogP contribution is 2.27. The molecule has 1 fully saturated rings. The zero-order valence-corrected chi connectivity index (χ0v) is 18.1. The highest BCUT2D eigenvalue weighted by molar-refractivity contribution is 5.61. The summed E-state index contributed by atoms with van der Waals surface area (Å²) < 4.78 is 39.5. The van der Waals surface area contributed by atoms with Gasteiger partial charge in [0.2, 0.25) is 0 Å². The monoisotopic (exact) mass is 463 g/mol. The Morgan fingerprint density at radius 1 is 1.27 bits per heavy atom. The van der Waals surface area contributed by atoms with Gasteiger partial charge < -0.3 is 20.7 Å². The highest BCUT2D eigenvalue weighted by Gasteiger charge is 2.32. The van der Waals surface area contributed by atoms with E-state index < -0.39 is 18.0 Å². The van der Waals surface area contributed by atoms with Gasteiger partial charge in [-0.25, -0.2) is 0 Å². The summed E-state index contributed by atoms with van der Waals surface area (Å²) in [5.74, 6) is 0. The third-order valence-corrected chi connectivity index (χ3v) is 5.64. The lowest BCUT2D eigenvalue weighted by Crippen LogP contribution is -2.53. The van der Waals surface area contributed by atoms with Crippen LogP contribution >= 0.6 is 0 Å². The fourth-order valence-corrected chi connectivity index (χ4v) is 3.81. The van der Waals surface area contributed by atoms with Crippen molar-refractivity contribution in [1.29, 1.82) is 0 Å². The maximum absolute atomic E-state index is 12.6. The number of halogens is 3. The molecule has 178 valence electrons. The molecule has 10 heteroatoms. The van der Waals surface area contributed by atoms with Crippen LogP contribution in [0.15, 0.2) is 54.0 Å². The van der Waals surface area contributed by atoms with E-state index in [0.717, 1.165) is 6.07 Å². The zero-order chi connectivity index (χ0) is 24.0. The Morgan fingerprint density at radius 3 is 2.70 bits per heavy atom. The molecule has 0 saturated carbocycles. The smallest absolute Gasteiger partial charge is 0.397 e. The van der Waals surface area contributed by atoms with Crippen LogP contribution in [0.25, 0.3) is 6.08 Å². The molecule has 7 nitrogen and oxygen atoms in total. The van der Waals surface area contributed by atoms with Gasteiger partial charge in [0, 0.05) is 44.5 Å². The number of β-amino-alcohol motifs (C(OH)–C–C–N with tert-alkyl or cyclic N) is 1. The van der Waals surface area contributed by atoms with Gasteiger partial charge in [-0.2, -0.15) is 13.2 Å². The van der Waals surface area contributed by atoms with Crippen LogP contribution in [-0.2, 0) is 19.3 Å². The average molecular weight is 464 g/mol. The first-order chi connectivity index (χ1) is 15.7. The number of rotatable bonds is 8. The number of aromatic nitrogens is 2. The number of anilines is 1. The second-order valence-electron chi connectivity index (χ2n) is 7.95. The fourth-order valence-electron chi connectivity index (χ4n) is 3.81. The van der Waals surface area contributed by atoms with Crippen molar-refractivity contribution in [1.82, 2.24) is 19.8 Å². The van der Waals surface area contributed by atoms with Gasteiger partial charge in [0.1, 0.15) is 5.69 Å². The summed E-state index contributed by atoms with van der Waals surface area (Å²) in [5.41, 5.74) is 6.66. The second-order valence-corrected chi connectivity index (χ2v) is 7.95. The maximum Gasteiger partial charge on any atom is 0.433 e. The SMILES string of the molecule is C=C/C=C\c1c(N)ccc(=O)n1CCN1CC[C@H](NCc2ccc(C(F)(F)F)nc2)[C@H](O)C1. The molecule has 2 aromatic rings. The third kappa shape index (κ3) is 6.53. The van der Waals surface area contributed by atoms with E-state index in [9.17, 15) is 23.1 Å². The number of alkyl halides is 3. The lowest BCUT2D eigenvalue weighted by atomic mass is 10.0. The number of piperidine rings is 1. The summed E-state index contributed by atoms with van der Waals surface area (Å²) >= 11 is 0.